The maximum atomic E-state index is 12.9. The highest BCUT2D eigenvalue weighted by atomic mass is 79.9. The van der Waals surface area contributed by atoms with E-state index < -0.39 is 12.1 Å². The summed E-state index contributed by atoms with van der Waals surface area (Å²) in [5, 5.41) is 10.4. The van der Waals surface area contributed by atoms with E-state index >= 15 is 0 Å². The van der Waals surface area contributed by atoms with E-state index in [2.05, 4.69) is 31.7 Å². The number of nitrogens with one attached hydrogen (secondary N) is 2. The quantitative estimate of drug-likeness (QED) is 0.0941. The Morgan fingerprint density at radius 3 is 1.43 bits per heavy atom. The third-order valence-corrected chi connectivity index (χ3v) is 10.4. The molecule has 13 heteroatoms. The molecule has 2 N–H and O–H groups in total. The van der Waals surface area contributed by atoms with Gasteiger partial charge in [-0.05, 0) is 120 Å². The molecule has 318 valence electrons. The number of halogens is 3. The molecule has 0 bridgehead atoms. The van der Waals surface area contributed by atoms with Crippen LogP contribution in [0.5, 0.6) is 11.5 Å². The summed E-state index contributed by atoms with van der Waals surface area (Å²) in [4.78, 5) is 50.4. The number of carbonyl (C=O) groups is 4. The zero-order valence-corrected chi connectivity index (χ0v) is 38.3. The van der Waals surface area contributed by atoms with Gasteiger partial charge in [-0.1, -0.05) is 94.5 Å². The molecule has 0 aliphatic carbocycles. The summed E-state index contributed by atoms with van der Waals surface area (Å²) >= 11 is 15.9. The van der Waals surface area contributed by atoms with Crippen LogP contribution in [0.1, 0.15) is 97.7 Å². The molecule has 2 amide bonds. The van der Waals surface area contributed by atoms with Gasteiger partial charge >= 0.3 is 0 Å². The molecule has 0 spiro atoms. The minimum Gasteiger partial charge on any atom is -0.489 e. The molecule has 0 saturated heterocycles. The number of ketones is 2. The molecule has 5 rings (SSSR count). The van der Waals surface area contributed by atoms with E-state index in [1.807, 2.05) is 90.1 Å². The van der Waals surface area contributed by atoms with Crippen LogP contribution in [-0.4, -0.2) is 52.8 Å². The first-order valence-electron chi connectivity index (χ1n) is 19.9. The molecule has 2 atom stereocenters. The van der Waals surface area contributed by atoms with Crippen molar-refractivity contribution in [3.05, 3.63) is 133 Å². The van der Waals surface area contributed by atoms with E-state index in [0.717, 1.165) is 38.2 Å². The summed E-state index contributed by atoms with van der Waals surface area (Å²) in [6, 6.07) is 24.1. The van der Waals surface area contributed by atoms with Crippen molar-refractivity contribution in [2.75, 3.05) is 0 Å². The standard InChI is InChI=1S/C26H29ClN2O4.C21H23BrClNO3/c1-6-23(30)22(28-26(31)20-11-12-24(21(27)14-20)32-15(2)3)13-18-7-9-19(10-8-18)25-16(4)29-33-17(25)5;1-4-19(25)18(11-14-5-8-16(22)9-6-14)24-21(26)15-7-10-20(17(23)12-15)27-13(2)3/h7-12,14-15,22H,6,13H2,1-5H3,(H,28,31);5-10,12-13,18H,4,11H2,1-3H3,(H,24,26). The number of benzene rings is 4. The number of Topliss-reactive ketones (excluding diaryl/α,β-unsaturated/α-hetero) is 2. The average molecular weight is 922 g/mol. The van der Waals surface area contributed by atoms with Gasteiger partial charge in [-0.15, -0.1) is 0 Å². The highest BCUT2D eigenvalue weighted by Crippen LogP contribution is 2.29. The minimum absolute atomic E-state index is 0.0142. The Morgan fingerprint density at radius 2 is 1.08 bits per heavy atom. The van der Waals surface area contributed by atoms with Crippen LogP contribution in [0, 0.1) is 13.8 Å². The van der Waals surface area contributed by atoms with Crippen molar-refractivity contribution >= 4 is 62.5 Å². The van der Waals surface area contributed by atoms with E-state index in [-0.39, 0.29) is 35.6 Å². The van der Waals surface area contributed by atoms with Crippen molar-refractivity contribution < 1.29 is 33.2 Å². The van der Waals surface area contributed by atoms with E-state index in [4.69, 9.17) is 37.2 Å². The molecule has 60 heavy (non-hydrogen) atoms. The second-order valence-electron chi connectivity index (χ2n) is 14.7. The lowest BCUT2D eigenvalue weighted by Crippen LogP contribution is -2.42. The van der Waals surface area contributed by atoms with Crippen molar-refractivity contribution in [1.82, 2.24) is 15.8 Å². The molecule has 0 aliphatic heterocycles. The molecule has 0 saturated carbocycles. The lowest BCUT2D eigenvalue weighted by atomic mass is 9.97. The summed E-state index contributed by atoms with van der Waals surface area (Å²) in [5.41, 5.74) is 5.48. The fraction of sp³-hybridized carbons (Fsp3) is 0.340. The SMILES string of the molecule is CCC(=O)C(Cc1ccc(-c2c(C)noc2C)cc1)NC(=O)c1ccc(OC(C)C)c(Cl)c1.CCC(=O)C(Cc1ccc(Br)cc1)NC(=O)c1ccc(OC(C)C)c(Cl)c1. The molecular weight excluding hydrogens is 869 g/mol. The number of rotatable bonds is 17. The maximum absolute atomic E-state index is 12.9. The molecule has 0 radical (unpaired) electrons. The number of aromatic nitrogens is 1. The van der Waals surface area contributed by atoms with Gasteiger partial charge in [0.1, 0.15) is 17.3 Å². The molecule has 2 unspecified atom stereocenters. The van der Waals surface area contributed by atoms with Gasteiger partial charge < -0.3 is 24.6 Å². The van der Waals surface area contributed by atoms with Crippen molar-refractivity contribution in [2.24, 2.45) is 0 Å². The zero-order valence-electron chi connectivity index (χ0n) is 35.2. The van der Waals surface area contributed by atoms with Crippen molar-refractivity contribution in [2.45, 2.75) is 105 Å². The molecule has 0 aliphatic rings. The minimum atomic E-state index is -0.641. The van der Waals surface area contributed by atoms with Crippen LogP contribution in [0.2, 0.25) is 10.0 Å². The highest BCUT2D eigenvalue weighted by molar-refractivity contribution is 9.10. The fourth-order valence-electron chi connectivity index (χ4n) is 6.24. The second kappa shape index (κ2) is 22.6. The first-order valence-corrected chi connectivity index (χ1v) is 21.4. The highest BCUT2D eigenvalue weighted by Gasteiger charge is 2.23. The Morgan fingerprint density at radius 1 is 0.667 bits per heavy atom. The number of hydrogen-bond acceptors (Lipinski definition) is 8. The molecule has 10 nitrogen and oxygen atoms in total. The Hall–Kier alpha value is -4.97. The number of ether oxygens (including phenoxy) is 2. The van der Waals surface area contributed by atoms with Gasteiger partial charge in [-0.25, -0.2) is 0 Å². The molecule has 1 aromatic heterocycles. The van der Waals surface area contributed by atoms with Gasteiger partial charge in [0.15, 0.2) is 11.6 Å². The van der Waals surface area contributed by atoms with Crippen molar-refractivity contribution in [3.8, 4) is 22.6 Å². The largest absolute Gasteiger partial charge is 0.489 e. The van der Waals surface area contributed by atoms with E-state index in [1.165, 1.54) is 0 Å². The second-order valence-corrected chi connectivity index (χ2v) is 16.5. The topological polar surface area (TPSA) is 137 Å². The Kier molecular flexibility index (Phi) is 18.0. The smallest absolute Gasteiger partial charge is 0.251 e. The summed E-state index contributed by atoms with van der Waals surface area (Å²) in [6.45, 7) is 15.0. The number of aryl methyl sites for hydroxylation is 2. The zero-order chi connectivity index (χ0) is 44.1. The van der Waals surface area contributed by atoms with Gasteiger partial charge in [-0.2, -0.15) is 0 Å². The first-order chi connectivity index (χ1) is 28.5. The van der Waals surface area contributed by atoms with Crippen LogP contribution in [0.25, 0.3) is 11.1 Å². The summed E-state index contributed by atoms with van der Waals surface area (Å²) in [5.74, 6) is 1.06. The molecule has 5 aromatic rings. The van der Waals surface area contributed by atoms with Gasteiger partial charge in [0.05, 0.1) is 40.0 Å². The van der Waals surface area contributed by atoms with Gasteiger partial charge in [0.25, 0.3) is 11.8 Å². The normalized spacial score (nSPS) is 11.9. The molecular formula is C47H52BrCl2N3O7. The lowest BCUT2D eigenvalue weighted by molar-refractivity contribution is -0.121. The van der Waals surface area contributed by atoms with Crippen LogP contribution >= 0.6 is 39.1 Å². The van der Waals surface area contributed by atoms with E-state index in [0.29, 0.717) is 58.4 Å². The van der Waals surface area contributed by atoms with Crippen LogP contribution in [0.3, 0.4) is 0 Å². The predicted octanol–water partition coefficient (Wildman–Crippen LogP) is 10.9. The Labute approximate surface area is 370 Å². The third kappa shape index (κ3) is 13.8. The molecule has 0 fully saturated rings. The summed E-state index contributed by atoms with van der Waals surface area (Å²) in [7, 11) is 0. The molecule has 4 aromatic carbocycles. The van der Waals surface area contributed by atoms with Gasteiger partial charge in [0, 0.05) is 34.0 Å². The Bertz CT molecular complexity index is 2240. The van der Waals surface area contributed by atoms with E-state index in [1.54, 1.807) is 50.2 Å². The van der Waals surface area contributed by atoms with Crippen molar-refractivity contribution in [1.29, 1.82) is 0 Å². The van der Waals surface area contributed by atoms with Gasteiger partial charge in [-0.3, -0.25) is 19.2 Å². The van der Waals surface area contributed by atoms with Crippen LogP contribution in [-0.2, 0) is 22.4 Å². The van der Waals surface area contributed by atoms with Crippen LogP contribution < -0.4 is 20.1 Å². The molecule has 1 heterocycles. The van der Waals surface area contributed by atoms with Crippen LogP contribution in [0.4, 0.5) is 0 Å². The number of nitrogens with zero attached hydrogens (tertiary/aromatic N) is 1. The summed E-state index contributed by atoms with van der Waals surface area (Å²) < 4.78 is 17.4. The van der Waals surface area contributed by atoms with Crippen molar-refractivity contribution in [3.63, 3.8) is 0 Å². The van der Waals surface area contributed by atoms with Gasteiger partial charge in [0.2, 0.25) is 0 Å². The number of hydrogen-bond donors (Lipinski definition) is 2. The average Bonchev–Trinajstić information content (AvgIpc) is 3.55. The van der Waals surface area contributed by atoms with E-state index in [9.17, 15) is 19.2 Å². The number of carbonyl (C=O) groups excluding carboxylic acids is 4. The monoisotopic (exact) mass is 919 g/mol. The maximum Gasteiger partial charge on any atom is 0.251 e. The third-order valence-electron chi connectivity index (χ3n) is 9.27. The summed E-state index contributed by atoms with van der Waals surface area (Å²) in [6.07, 6.45) is 1.46. The fourth-order valence-corrected chi connectivity index (χ4v) is 6.96. The predicted molar refractivity (Wildman–Crippen MR) is 240 cm³/mol. The lowest BCUT2D eigenvalue weighted by Gasteiger charge is -2.18. The number of amides is 2. The Balaban J connectivity index is 0.000000270. The van der Waals surface area contributed by atoms with Crippen LogP contribution in [0.15, 0.2) is 93.9 Å². The first kappa shape index (κ1) is 47.7.